The van der Waals surface area contributed by atoms with Crippen molar-refractivity contribution in [2.24, 2.45) is 0 Å². The van der Waals surface area contributed by atoms with Gasteiger partial charge in [-0.25, -0.2) is 4.98 Å². The number of aryl methyl sites for hydroxylation is 1. The zero-order valence-corrected chi connectivity index (χ0v) is 7.77. The zero-order chi connectivity index (χ0) is 9.84. The van der Waals surface area contributed by atoms with E-state index in [1.165, 1.54) is 0 Å². The van der Waals surface area contributed by atoms with Crippen LogP contribution in [-0.2, 0) is 11.3 Å². The smallest absolute Gasteiger partial charge is 0.323 e. The van der Waals surface area contributed by atoms with Gasteiger partial charge in [0.1, 0.15) is 6.54 Å². The van der Waals surface area contributed by atoms with Gasteiger partial charge in [0.25, 0.3) is 0 Å². The number of imidazole rings is 1. The molecule has 5 nitrogen and oxygen atoms in total. The maximum atomic E-state index is 10.4. The number of nitrogens with zero attached hydrogens (tertiary/aromatic N) is 3. The van der Waals surface area contributed by atoms with Crippen molar-refractivity contribution in [3.05, 3.63) is 12.4 Å². The van der Waals surface area contributed by atoms with E-state index in [1.807, 2.05) is 17.7 Å². The minimum Gasteiger partial charge on any atom is -0.480 e. The minimum atomic E-state index is -0.854. The van der Waals surface area contributed by atoms with E-state index >= 15 is 0 Å². The molecule has 0 saturated heterocycles. The van der Waals surface area contributed by atoms with Gasteiger partial charge in [0.2, 0.25) is 5.95 Å². The van der Waals surface area contributed by atoms with E-state index in [9.17, 15) is 4.79 Å². The van der Waals surface area contributed by atoms with Crippen LogP contribution in [0.4, 0.5) is 5.95 Å². The Morgan fingerprint density at radius 1 is 1.77 bits per heavy atom. The van der Waals surface area contributed by atoms with Gasteiger partial charge in [0, 0.05) is 26.0 Å². The van der Waals surface area contributed by atoms with E-state index in [0.717, 1.165) is 6.54 Å². The molecule has 0 radical (unpaired) electrons. The Kier molecular flexibility index (Phi) is 2.89. The van der Waals surface area contributed by atoms with E-state index in [4.69, 9.17) is 5.11 Å². The Balaban J connectivity index is 2.75. The molecule has 0 unspecified atom stereocenters. The Hall–Kier alpha value is -1.52. The normalized spacial score (nSPS) is 10.0. The van der Waals surface area contributed by atoms with Crippen LogP contribution in [0.15, 0.2) is 12.4 Å². The standard InChI is InChI=1S/C8H13N3O2/c1-3-11-5-4-9-8(11)10(2)6-7(12)13/h4-5H,3,6H2,1-2H3,(H,12,13). The number of aliphatic carboxylic acids is 1. The average Bonchev–Trinajstić information content (AvgIpc) is 2.49. The van der Waals surface area contributed by atoms with Gasteiger partial charge in [-0.3, -0.25) is 4.79 Å². The van der Waals surface area contributed by atoms with Gasteiger partial charge in [-0.1, -0.05) is 0 Å². The third-order valence-electron chi connectivity index (χ3n) is 1.75. The first kappa shape index (κ1) is 9.57. The van der Waals surface area contributed by atoms with Crippen molar-refractivity contribution in [3.8, 4) is 0 Å². The van der Waals surface area contributed by atoms with Crippen molar-refractivity contribution in [2.75, 3.05) is 18.5 Å². The van der Waals surface area contributed by atoms with Crippen LogP contribution in [0.1, 0.15) is 6.92 Å². The first-order valence-electron chi connectivity index (χ1n) is 4.09. The van der Waals surface area contributed by atoms with Crippen LogP contribution in [0, 0.1) is 0 Å². The number of aromatic nitrogens is 2. The molecule has 0 amide bonds. The fourth-order valence-corrected chi connectivity index (χ4v) is 1.16. The number of carboxylic acid groups (broad SMARTS) is 1. The monoisotopic (exact) mass is 183 g/mol. The molecule has 1 aromatic heterocycles. The van der Waals surface area contributed by atoms with Crippen LogP contribution < -0.4 is 4.90 Å². The van der Waals surface area contributed by atoms with Gasteiger partial charge in [0.15, 0.2) is 0 Å². The molecule has 0 fully saturated rings. The number of carbonyl (C=O) groups is 1. The summed E-state index contributed by atoms with van der Waals surface area (Å²) in [5, 5.41) is 8.57. The molecule has 72 valence electrons. The SMILES string of the molecule is CCn1ccnc1N(C)CC(=O)O. The largest absolute Gasteiger partial charge is 0.480 e. The predicted molar refractivity (Wildman–Crippen MR) is 48.8 cm³/mol. The summed E-state index contributed by atoms with van der Waals surface area (Å²) in [6.07, 6.45) is 3.49. The van der Waals surface area contributed by atoms with Gasteiger partial charge >= 0.3 is 5.97 Å². The highest BCUT2D eigenvalue weighted by Gasteiger charge is 2.09. The summed E-state index contributed by atoms with van der Waals surface area (Å²) < 4.78 is 1.89. The highest BCUT2D eigenvalue weighted by molar-refractivity contribution is 5.72. The summed E-state index contributed by atoms with van der Waals surface area (Å²) in [5.41, 5.74) is 0. The summed E-state index contributed by atoms with van der Waals surface area (Å²) in [5.74, 6) is -0.168. The maximum Gasteiger partial charge on any atom is 0.323 e. The molecule has 1 aromatic rings. The molecule has 5 heteroatoms. The van der Waals surface area contributed by atoms with Crippen LogP contribution in [-0.4, -0.2) is 34.2 Å². The van der Waals surface area contributed by atoms with E-state index in [0.29, 0.717) is 5.95 Å². The van der Waals surface area contributed by atoms with Crippen molar-refractivity contribution >= 4 is 11.9 Å². The van der Waals surface area contributed by atoms with Gasteiger partial charge in [-0.05, 0) is 6.92 Å². The minimum absolute atomic E-state index is 0.0307. The molecule has 13 heavy (non-hydrogen) atoms. The van der Waals surface area contributed by atoms with Crippen molar-refractivity contribution in [1.29, 1.82) is 0 Å². The molecule has 0 aliphatic carbocycles. The molecular formula is C8H13N3O2. The lowest BCUT2D eigenvalue weighted by Crippen LogP contribution is -2.27. The molecule has 0 saturated carbocycles. The van der Waals surface area contributed by atoms with Gasteiger partial charge in [0.05, 0.1) is 0 Å². The van der Waals surface area contributed by atoms with Crippen LogP contribution in [0.25, 0.3) is 0 Å². The number of hydrogen-bond acceptors (Lipinski definition) is 3. The third-order valence-corrected chi connectivity index (χ3v) is 1.75. The van der Waals surface area contributed by atoms with Crippen LogP contribution in [0.3, 0.4) is 0 Å². The molecule has 1 heterocycles. The molecule has 0 aliphatic heterocycles. The lowest BCUT2D eigenvalue weighted by Gasteiger charge is -2.16. The molecule has 0 aromatic carbocycles. The van der Waals surface area contributed by atoms with E-state index < -0.39 is 5.97 Å². The second-order valence-corrected chi connectivity index (χ2v) is 2.76. The summed E-state index contributed by atoms with van der Waals surface area (Å²) in [4.78, 5) is 16.1. The number of rotatable bonds is 4. The fourth-order valence-electron chi connectivity index (χ4n) is 1.16. The molecule has 0 spiro atoms. The number of anilines is 1. The maximum absolute atomic E-state index is 10.4. The summed E-state index contributed by atoms with van der Waals surface area (Å²) >= 11 is 0. The number of carboxylic acids is 1. The quantitative estimate of drug-likeness (QED) is 0.735. The molecule has 1 N–H and O–H groups in total. The van der Waals surface area contributed by atoms with E-state index in [-0.39, 0.29) is 6.54 Å². The fraction of sp³-hybridized carbons (Fsp3) is 0.500. The second-order valence-electron chi connectivity index (χ2n) is 2.76. The van der Waals surface area contributed by atoms with Crippen LogP contribution in [0.5, 0.6) is 0 Å². The first-order chi connectivity index (χ1) is 6.15. The van der Waals surface area contributed by atoms with Crippen molar-refractivity contribution in [3.63, 3.8) is 0 Å². The Labute approximate surface area is 76.6 Å². The second kappa shape index (κ2) is 3.93. The van der Waals surface area contributed by atoms with E-state index in [1.54, 1.807) is 18.1 Å². The number of hydrogen-bond donors (Lipinski definition) is 1. The lowest BCUT2D eigenvalue weighted by atomic mass is 10.6. The molecular weight excluding hydrogens is 170 g/mol. The highest BCUT2D eigenvalue weighted by atomic mass is 16.4. The third kappa shape index (κ3) is 2.21. The van der Waals surface area contributed by atoms with Gasteiger partial charge in [-0.2, -0.15) is 0 Å². The first-order valence-corrected chi connectivity index (χ1v) is 4.09. The molecule has 0 atom stereocenters. The lowest BCUT2D eigenvalue weighted by molar-refractivity contribution is -0.135. The molecule has 0 bridgehead atoms. The number of likely N-dealkylation sites (N-methyl/N-ethyl adjacent to an activating group) is 1. The summed E-state index contributed by atoms with van der Waals surface area (Å²) in [7, 11) is 1.71. The Morgan fingerprint density at radius 2 is 2.46 bits per heavy atom. The van der Waals surface area contributed by atoms with Crippen molar-refractivity contribution in [1.82, 2.24) is 9.55 Å². The van der Waals surface area contributed by atoms with Crippen molar-refractivity contribution < 1.29 is 9.90 Å². The van der Waals surface area contributed by atoms with Gasteiger partial charge in [-0.15, -0.1) is 0 Å². The highest BCUT2D eigenvalue weighted by Crippen LogP contribution is 2.08. The van der Waals surface area contributed by atoms with Gasteiger partial charge < -0.3 is 14.6 Å². The summed E-state index contributed by atoms with van der Waals surface area (Å²) in [6, 6.07) is 0. The van der Waals surface area contributed by atoms with Crippen LogP contribution >= 0.6 is 0 Å². The Bertz CT molecular complexity index is 295. The Morgan fingerprint density at radius 3 is 3.00 bits per heavy atom. The van der Waals surface area contributed by atoms with E-state index in [2.05, 4.69) is 4.98 Å². The molecule has 0 aliphatic rings. The topological polar surface area (TPSA) is 58.4 Å². The zero-order valence-electron chi connectivity index (χ0n) is 7.77. The van der Waals surface area contributed by atoms with Crippen molar-refractivity contribution in [2.45, 2.75) is 13.5 Å². The van der Waals surface area contributed by atoms with Crippen LogP contribution in [0.2, 0.25) is 0 Å². The molecule has 1 rings (SSSR count). The summed E-state index contributed by atoms with van der Waals surface area (Å²) in [6.45, 7) is 2.75. The average molecular weight is 183 g/mol. The predicted octanol–water partition coefficient (Wildman–Crippen LogP) is 0.424.